The van der Waals surface area contributed by atoms with Crippen molar-refractivity contribution in [2.24, 2.45) is 0 Å². The second-order valence-electron chi connectivity index (χ2n) is 17.4. The van der Waals surface area contributed by atoms with Crippen LogP contribution in [0.3, 0.4) is 0 Å². The highest BCUT2D eigenvalue weighted by Gasteiger charge is 1.95. The number of nitrogens with zero attached hydrogens (tertiary/aromatic N) is 15. The molecule has 17 nitrogen and oxygen atoms in total. The molecule has 13 heterocycles. The van der Waals surface area contributed by atoms with Gasteiger partial charge in [-0.1, -0.05) is 66.7 Å². The van der Waals surface area contributed by atoms with Crippen LogP contribution in [0.25, 0.3) is 65.8 Å². The number of nitrogens with one attached hydrogen (secondary N) is 2. The van der Waals surface area contributed by atoms with Crippen molar-refractivity contribution < 1.29 is 0 Å². The van der Waals surface area contributed by atoms with Gasteiger partial charge in [-0.25, -0.2) is 9.97 Å². The highest BCUT2D eigenvalue weighted by atomic mass is 15.0. The summed E-state index contributed by atoms with van der Waals surface area (Å²) >= 11 is 0. The molecule has 16 rings (SSSR count). The van der Waals surface area contributed by atoms with E-state index in [1.807, 2.05) is 176 Å². The predicted octanol–water partition coefficient (Wildman–Crippen LogP) is 12.7. The van der Waals surface area contributed by atoms with E-state index in [1.165, 1.54) is 33.6 Å². The van der Waals surface area contributed by atoms with Crippen molar-refractivity contribution in [3.63, 3.8) is 0 Å². The van der Waals surface area contributed by atoms with E-state index in [0.717, 1.165) is 64.7 Å². The van der Waals surface area contributed by atoms with Crippen molar-refractivity contribution in [2.45, 2.75) is 0 Å². The smallest absolute Gasteiger partial charge is 0.115 e. The zero-order valence-electron chi connectivity index (χ0n) is 47.1. The average molecular weight is 1130 g/mol. The molecular formula is C69H63N17. The minimum atomic E-state index is 0.949. The van der Waals surface area contributed by atoms with Gasteiger partial charge in [0.05, 0.1) is 33.1 Å². The van der Waals surface area contributed by atoms with Gasteiger partial charge in [-0.3, -0.25) is 64.8 Å². The number of aromatic nitrogens is 15. The van der Waals surface area contributed by atoms with Crippen LogP contribution in [0.5, 0.6) is 0 Å². The highest BCUT2D eigenvalue weighted by molar-refractivity contribution is 5.81. The summed E-state index contributed by atoms with van der Waals surface area (Å²) in [5.41, 5.74) is 8.20. The Morgan fingerprint density at radius 1 is 0.198 bits per heavy atom. The first-order chi connectivity index (χ1) is 42.8. The molecule has 17 heteroatoms. The summed E-state index contributed by atoms with van der Waals surface area (Å²) in [6.07, 6.45) is 39.8. The Morgan fingerprint density at radius 3 is 0.965 bits per heavy atom. The van der Waals surface area contributed by atoms with Crippen LogP contribution in [0.4, 0.5) is 0 Å². The third-order valence-corrected chi connectivity index (χ3v) is 11.4. The van der Waals surface area contributed by atoms with E-state index in [9.17, 15) is 0 Å². The van der Waals surface area contributed by atoms with Crippen LogP contribution >= 0.6 is 0 Å². The van der Waals surface area contributed by atoms with Crippen LogP contribution in [0.15, 0.2) is 325 Å². The van der Waals surface area contributed by atoms with Gasteiger partial charge in [0, 0.05) is 173 Å². The minimum absolute atomic E-state index is 0.949. The minimum Gasteiger partial charge on any atom is -0.314 e. The van der Waals surface area contributed by atoms with Crippen molar-refractivity contribution in [3.05, 3.63) is 325 Å². The second-order valence-corrected chi connectivity index (χ2v) is 17.4. The third kappa shape index (κ3) is 24.7. The number of piperazine rings is 1. The second kappa shape index (κ2) is 39.8. The molecule has 0 radical (unpaired) electrons. The molecule has 1 saturated heterocycles. The third-order valence-electron chi connectivity index (χ3n) is 11.4. The zero-order valence-corrected chi connectivity index (χ0v) is 47.1. The molecule has 0 spiro atoms. The maximum atomic E-state index is 4.18. The quantitative estimate of drug-likeness (QED) is 0.156. The van der Waals surface area contributed by atoms with Crippen LogP contribution in [0.1, 0.15) is 0 Å². The van der Waals surface area contributed by atoms with Gasteiger partial charge >= 0.3 is 0 Å². The lowest BCUT2D eigenvalue weighted by Crippen LogP contribution is -2.39. The van der Waals surface area contributed by atoms with E-state index in [-0.39, 0.29) is 0 Å². The molecule has 0 atom stereocenters. The van der Waals surface area contributed by atoms with Crippen LogP contribution in [0, 0.1) is 0 Å². The van der Waals surface area contributed by atoms with Gasteiger partial charge in [-0.05, 0) is 137 Å². The number of pyridine rings is 9. The van der Waals surface area contributed by atoms with Gasteiger partial charge in [-0.2, -0.15) is 0 Å². The van der Waals surface area contributed by atoms with Gasteiger partial charge in [0.2, 0.25) is 0 Å². The van der Waals surface area contributed by atoms with Crippen molar-refractivity contribution in [2.75, 3.05) is 26.2 Å². The van der Waals surface area contributed by atoms with E-state index in [0.29, 0.717) is 0 Å². The Balaban J connectivity index is 0.000000138. The first-order valence-electron chi connectivity index (χ1n) is 27.3. The number of hydrogen-bond acceptors (Lipinski definition) is 17. The summed E-state index contributed by atoms with van der Waals surface area (Å²) in [6, 6.07) is 59.0. The van der Waals surface area contributed by atoms with Crippen LogP contribution in [-0.2, 0) is 0 Å². The molecule has 1 fully saturated rings. The largest absolute Gasteiger partial charge is 0.314 e. The van der Waals surface area contributed by atoms with Crippen molar-refractivity contribution >= 4 is 54.6 Å². The summed E-state index contributed by atoms with van der Waals surface area (Å²) < 4.78 is 0. The van der Waals surface area contributed by atoms with E-state index < -0.39 is 0 Å². The molecule has 0 aliphatic carbocycles. The highest BCUT2D eigenvalue weighted by Crippen LogP contribution is 2.16. The molecule has 15 aromatic rings. The van der Waals surface area contributed by atoms with Crippen LogP contribution in [0.2, 0.25) is 0 Å². The maximum absolute atomic E-state index is 4.18. The summed E-state index contributed by atoms with van der Waals surface area (Å²) in [4.78, 5) is 59.3. The van der Waals surface area contributed by atoms with Gasteiger partial charge < -0.3 is 10.6 Å². The molecule has 0 unspecified atom stereocenters. The Labute approximate surface area is 499 Å². The fourth-order valence-electron chi connectivity index (χ4n) is 7.28. The fourth-order valence-corrected chi connectivity index (χ4v) is 7.28. The topological polar surface area (TPSA) is 217 Å². The molecule has 1 aliphatic heterocycles. The Hall–Kier alpha value is -11.5. The molecule has 3 aromatic carbocycles. The van der Waals surface area contributed by atoms with Crippen LogP contribution < -0.4 is 10.6 Å². The number of para-hydroxylation sites is 3. The SMILES string of the molecule is C1CNCCN1.c1cc(-c2ccncc2)ccn1.c1ccc2cnccc2c1.c1ccc2ncccc2c1.c1ccc2nccnc2c1.c1ccncc1.c1cnc2cccnc2c1.c1cnc2ccncc2c1.c1cnccn1.c1cncnc1. The van der Waals surface area contributed by atoms with Crippen LogP contribution in [-0.4, -0.2) is 101 Å². The fraction of sp³-hybridized carbons (Fsp3) is 0.0580. The molecular weight excluding hydrogens is 1070 g/mol. The van der Waals surface area contributed by atoms with Gasteiger partial charge in [0.15, 0.2) is 0 Å². The molecule has 424 valence electrons. The Morgan fingerprint density at radius 2 is 0.547 bits per heavy atom. The molecule has 0 amide bonds. The zero-order chi connectivity index (χ0) is 59.3. The summed E-state index contributed by atoms with van der Waals surface area (Å²) in [5, 5.41) is 11.2. The molecule has 2 N–H and O–H groups in total. The molecule has 0 bridgehead atoms. The number of rotatable bonds is 1. The molecule has 0 saturated carbocycles. The molecule has 1 aliphatic rings. The number of hydrogen-bond donors (Lipinski definition) is 2. The van der Waals surface area contributed by atoms with E-state index in [2.05, 4.69) is 110 Å². The summed E-state index contributed by atoms with van der Waals surface area (Å²) in [7, 11) is 0. The first-order valence-corrected chi connectivity index (χ1v) is 27.3. The summed E-state index contributed by atoms with van der Waals surface area (Å²) in [5.74, 6) is 0. The predicted molar refractivity (Wildman–Crippen MR) is 344 cm³/mol. The Kier molecular flexibility index (Phi) is 28.7. The standard InChI is InChI=1S/C10H8N2.2C9H7N.3C8H6N2.C5H5N.C4H10N2.2C4H4N2/c1-5-11-6-2-9(1)10-3-7-12-8-4-10;1-2-6-9-8(4-1)5-3-7-10-9;1-2-4-9-7-10-6-5-8(9)3-1;1-3-7-8(9-5-1)4-2-6-10-7;1-2-7-6-9-5-3-8(7)10-4-1;1-2-4-8-7(3-1)9-5-6-10-8;1-2-4-6-5-3-1;2*1-2-6-4-3-5-1;1-2-5-4-6-3-1/h1-8H;2*1-7H;3*1-6H;1-5H;5-6H,1-4H2;2*1-4H. The van der Waals surface area contributed by atoms with Gasteiger partial charge in [-0.15, -0.1) is 0 Å². The van der Waals surface area contributed by atoms with E-state index in [4.69, 9.17) is 0 Å². The van der Waals surface area contributed by atoms with Crippen molar-refractivity contribution in [3.8, 4) is 11.1 Å². The Bertz CT molecular complexity index is 3160. The lowest BCUT2D eigenvalue weighted by atomic mass is 10.1. The lowest BCUT2D eigenvalue weighted by molar-refractivity contribution is 0.534. The normalized spacial score (nSPS) is 10.5. The van der Waals surface area contributed by atoms with Crippen molar-refractivity contribution in [1.29, 1.82) is 0 Å². The number of benzene rings is 3. The van der Waals surface area contributed by atoms with E-state index in [1.54, 1.807) is 118 Å². The first kappa shape index (κ1) is 62.1. The van der Waals surface area contributed by atoms with Gasteiger partial charge in [0.1, 0.15) is 6.33 Å². The monoisotopic (exact) mass is 1130 g/mol. The average Bonchev–Trinajstić information content (AvgIpc) is 3.70. The number of fused-ring (bicyclic) bond motifs is 5. The van der Waals surface area contributed by atoms with E-state index >= 15 is 0 Å². The van der Waals surface area contributed by atoms with Crippen molar-refractivity contribution in [1.82, 2.24) is 85.4 Å². The molecule has 86 heavy (non-hydrogen) atoms. The van der Waals surface area contributed by atoms with Gasteiger partial charge in [0.25, 0.3) is 0 Å². The summed E-state index contributed by atoms with van der Waals surface area (Å²) in [6.45, 7) is 4.56. The molecule has 12 aromatic heterocycles. The maximum Gasteiger partial charge on any atom is 0.115 e. The lowest BCUT2D eigenvalue weighted by Gasteiger charge is -2.11.